The van der Waals surface area contributed by atoms with E-state index < -0.39 is 0 Å². The molecular formula is C19H18O3. The molecule has 2 atom stereocenters. The van der Waals surface area contributed by atoms with Crippen LogP contribution in [-0.4, -0.2) is 12.9 Å². The van der Waals surface area contributed by atoms with Crippen molar-refractivity contribution in [1.82, 2.24) is 0 Å². The molecule has 3 heterocycles. The van der Waals surface area contributed by atoms with E-state index in [2.05, 4.69) is 42.5 Å². The average Bonchev–Trinajstić information content (AvgIpc) is 3.02. The Labute approximate surface area is 129 Å². The van der Waals surface area contributed by atoms with Crippen molar-refractivity contribution < 1.29 is 14.2 Å². The van der Waals surface area contributed by atoms with E-state index in [4.69, 9.17) is 14.2 Å². The maximum atomic E-state index is 6.59. The number of rotatable bonds is 1. The molecule has 2 aromatic rings. The Balaban J connectivity index is 1.75. The molecule has 22 heavy (non-hydrogen) atoms. The largest absolute Gasteiger partial charge is 0.454 e. The third kappa shape index (κ3) is 1.66. The molecule has 0 amide bonds. The van der Waals surface area contributed by atoms with Gasteiger partial charge in [0.25, 0.3) is 0 Å². The van der Waals surface area contributed by atoms with Crippen molar-refractivity contribution in [1.29, 1.82) is 0 Å². The Kier molecular flexibility index (Phi) is 2.56. The molecule has 3 heteroatoms. The number of fused-ring (bicyclic) bond motifs is 5. The second-order valence-corrected chi connectivity index (χ2v) is 6.39. The summed E-state index contributed by atoms with van der Waals surface area (Å²) in [5.74, 6) is 1.73. The first-order valence-electron chi connectivity index (χ1n) is 8.01. The molecule has 5 rings (SSSR count). The fourth-order valence-electron chi connectivity index (χ4n) is 4.17. The first kappa shape index (κ1) is 12.5. The number of ether oxygens (including phenoxy) is 3. The van der Waals surface area contributed by atoms with E-state index in [1.807, 2.05) is 0 Å². The molecule has 0 aliphatic carbocycles. The SMILES string of the molecule is c1ccc([C@@]23CCC[C@@H](Cc4cc5c(cc42)OCO5)O3)cc1. The van der Waals surface area contributed by atoms with E-state index in [-0.39, 0.29) is 5.60 Å². The highest BCUT2D eigenvalue weighted by atomic mass is 16.7. The highest BCUT2D eigenvalue weighted by Crippen LogP contribution is 2.51. The van der Waals surface area contributed by atoms with Gasteiger partial charge in [-0.3, -0.25) is 0 Å². The third-order valence-corrected chi connectivity index (χ3v) is 5.14. The van der Waals surface area contributed by atoms with E-state index in [1.54, 1.807) is 0 Å². The highest BCUT2D eigenvalue weighted by molar-refractivity contribution is 5.54. The Hall–Kier alpha value is -2.00. The molecule has 112 valence electrons. The Bertz CT molecular complexity index is 725. The van der Waals surface area contributed by atoms with Gasteiger partial charge in [0.15, 0.2) is 11.5 Å². The second kappa shape index (κ2) is 4.50. The molecule has 0 N–H and O–H groups in total. The molecule has 1 saturated heterocycles. The van der Waals surface area contributed by atoms with E-state index in [1.165, 1.54) is 23.1 Å². The minimum atomic E-state index is -0.321. The lowest BCUT2D eigenvalue weighted by Gasteiger charge is -2.47. The quantitative estimate of drug-likeness (QED) is 0.801. The molecule has 0 radical (unpaired) electrons. The lowest BCUT2D eigenvalue weighted by molar-refractivity contribution is -0.119. The second-order valence-electron chi connectivity index (χ2n) is 6.39. The lowest BCUT2D eigenvalue weighted by Crippen LogP contribution is -2.44. The summed E-state index contributed by atoms with van der Waals surface area (Å²) >= 11 is 0. The molecule has 2 aromatic carbocycles. The normalized spacial score (nSPS) is 28.3. The van der Waals surface area contributed by atoms with E-state index in [0.717, 1.165) is 30.8 Å². The van der Waals surface area contributed by atoms with E-state index in [0.29, 0.717) is 12.9 Å². The van der Waals surface area contributed by atoms with Gasteiger partial charge in [0.2, 0.25) is 6.79 Å². The summed E-state index contributed by atoms with van der Waals surface area (Å²) in [6.45, 7) is 0.320. The Morgan fingerprint density at radius 2 is 1.82 bits per heavy atom. The maximum absolute atomic E-state index is 6.59. The standard InChI is InChI=1S/C19H18O3/c1-2-5-14(6-3-1)19-8-4-7-15(22-19)9-13-10-17-18(11-16(13)19)21-12-20-17/h1-3,5-6,10-11,15H,4,7-9,12H2/t15-,19-/m0/s1. The molecule has 1 fully saturated rings. The summed E-state index contributed by atoms with van der Waals surface area (Å²) in [5.41, 5.74) is 3.54. The molecule has 0 saturated carbocycles. The first-order valence-corrected chi connectivity index (χ1v) is 8.01. The van der Waals surface area contributed by atoms with Gasteiger partial charge in [0.05, 0.1) is 6.10 Å². The number of hydrogen-bond donors (Lipinski definition) is 0. The van der Waals surface area contributed by atoms with Gasteiger partial charge in [-0.2, -0.15) is 0 Å². The predicted octanol–water partition coefficient (Wildman–Crippen LogP) is 3.78. The van der Waals surface area contributed by atoms with Gasteiger partial charge in [-0.15, -0.1) is 0 Å². The van der Waals surface area contributed by atoms with Crippen molar-refractivity contribution in [3.8, 4) is 11.5 Å². The van der Waals surface area contributed by atoms with Crippen molar-refractivity contribution in [3.05, 3.63) is 59.2 Å². The Morgan fingerprint density at radius 1 is 1.00 bits per heavy atom. The molecule has 0 spiro atoms. The van der Waals surface area contributed by atoms with Gasteiger partial charge in [0.1, 0.15) is 5.60 Å². The van der Waals surface area contributed by atoms with Gasteiger partial charge >= 0.3 is 0 Å². The summed E-state index contributed by atoms with van der Waals surface area (Å²) in [6.07, 6.45) is 4.65. The first-order chi connectivity index (χ1) is 10.9. The van der Waals surface area contributed by atoms with Crippen LogP contribution < -0.4 is 9.47 Å². The monoisotopic (exact) mass is 294 g/mol. The fourth-order valence-corrected chi connectivity index (χ4v) is 4.17. The van der Waals surface area contributed by atoms with Crippen LogP contribution >= 0.6 is 0 Å². The molecule has 0 unspecified atom stereocenters. The van der Waals surface area contributed by atoms with Crippen molar-refractivity contribution in [2.24, 2.45) is 0 Å². The third-order valence-electron chi connectivity index (χ3n) is 5.14. The minimum absolute atomic E-state index is 0.307. The van der Waals surface area contributed by atoms with Crippen LogP contribution in [0.4, 0.5) is 0 Å². The minimum Gasteiger partial charge on any atom is -0.454 e. The summed E-state index contributed by atoms with van der Waals surface area (Å²) in [6, 6.07) is 14.9. The van der Waals surface area contributed by atoms with Crippen LogP contribution in [0.3, 0.4) is 0 Å². The van der Waals surface area contributed by atoms with Gasteiger partial charge in [-0.1, -0.05) is 30.3 Å². The van der Waals surface area contributed by atoms with Crippen molar-refractivity contribution in [2.45, 2.75) is 37.4 Å². The van der Waals surface area contributed by atoms with Crippen LogP contribution in [-0.2, 0) is 16.8 Å². The van der Waals surface area contributed by atoms with Gasteiger partial charge in [-0.25, -0.2) is 0 Å². The lowest BCUT2D eigenvalue weighted by atomic mass is 9.73. The number of benzene rings is 2. The van der Waals surface area contributed by atoms with Crippen LogP contribution in [0.2, 0.25) is 0 Å². The van der Waals surface area contributed by atoms with E-state index >= 15 is 0 Å². The summed E-state index contributed by atoms with van der Waals surface area (Å²) in [7, 11) is 0. The summed E-state index contributed by atoms with van der Waals surface area (Å²) < 4.78 is 17.8. The van der Waals surface area contributed by atoms with Crippen LogP contribution in [0.15, 0.2) is 42.5 Å². The molecule has 3 aliphatic rings. The number of hydrogen-bond acceptors (Lipinski definition) is 3. The van der Waals surface area contributed by atoms with Crippen LogP contribution in [0.5, 0.6) is 11.5 Å². The molecule has 3 aliphatic heterocycles. The van der Waals surface area contributed by atoms with Crippen molar-refractivity contribution in [2.75, 3.05) is 6.79 Å². The van der Waals surface area contributed by atoms with Crippen LogP contribution in [0.1, 0.15) is 36.0 Å². The highest BCUT2D eigenvalue weighted by Gasteiger charge is 2.46. The molecular weight excluding hydrogens is 276 g/mol. The zero-order chi connectivity index (χ0) is 14.6. The molecule has 0 aromatic heterocycles. The average molecular weight is 294 g/mol. The molecule has 2 bridgehead atoms. The molecule has 3 nitrogen and oxygen atoms in total. The summed E-state index contributed by atoms with van der Waals surface area (Å²) in [5, 5.41) is 0. The topological polar surface area (TPSA) is 27.7 Å². The smallest absolute Gasteiger partial charge is 0.231 e. The predicted molar refractivity (Wildman–Crippen MR) is 82.2 cm³/mol. The van der Waals surface area contributed by atoms with Crippen molar-refractivity contribution in [3.63, 3.8) is 0 Å². The zero-order valence-corrected chi connectivity index (χ0v) is 12.4. The van der Waals surface area contributed by atoms with Gasteiger partial charge < -0.3 is 14.2 Å². The maximum Gasteiger partial charge on any atom is 0.231 e. The van der Waals surface area contributed by atoms with Crippen LogP contribution in [0.25, 0.3) is 0 Å². The van der Waals surface area contributed by atoms with E-state index in [9.17, 15) is 0 Å². The summed E-state index contributed by atoms with van der Waals surface area (Å²) in [4.78, 5) is 0. The van der Waals surface area contributed by atoms with Gasteiger partial charge in [-0.05, 0) is 54.5 Å². The van der Waals surface area contributed by atoms with Crippen LogP contribution in [0, 0.1) is 0 Å². The fraction of sp³-hybridized carbons (Fsp3) is 0.368. The Morgan fingerprint density at radius 3 is 2.68 bits per heavy atom. The van der Waals surface area contributed by atoms with Gasteiger partial charge in [0, 0.05) is 0 Å². The zero-order valence-electron chi connectivity index (χ0n) is 12.4. The van der Waals surface area contributed by atoms with Crippen molar-refractivity contribution >= 4 is 0 Å².